The van der Waals surface area contributed by atoms with Crippen LogP contribution in [0.5, 0.6) is 28.7 Å². The molecule has 0 radical (unpaired) electrons. The van der Waals surface area contributed by atoms with Crippen molar-refractivity contribution in [3.63, 3.8) is 0 Å². The van der Waals surface area contributed by atoms with Gasteiger partial charge >= 0.3 is 11.9 Å². The average Bonchev–Trinajstić information content (AvgIpc) is 3.24. The third-order valence-electron chi connectivity index (χ3n) is 6.17. The number of hydrogen-bond donors (Lipinski definition) is 0. The minimum Gasteiger partial charge on any atom is -0.493 e. The zero-order valence-corrected chi connectivity index (χ0v) is 23.8. The summed E-state index contributed by atoms with van der Waals surface area (Å²) in [5.41, 5.74) is 1.38. The van der Waals surface area contributed by atoms with Gasteiger partial charge in [0.1, 0.15) is 0 Å². The number of thiazole rings is 1. The lowest BCUT2D eigenvalue weighted by Crippen LogP contribution is -2.39. The van der Waals surface area contributed by atoms with Crippen molar-refractivity contribution in [2.24, 2.45) is 4.99 Å². The first-order valence-electron chi connectivity index (χ1n) is 11.9. The number of hydrogen-bond acceptors (Lipinski definition) is 11. The molecule has 2 heterocycles. The summed E-state index contributed by atoms with van der Waals surface area (Å²) in [6.45, 7) is 2.96. The molecule has 210 valence electrons. The van der Waals surface area contributed by atoms with Crippen LogP contribution in [0.2, 0.25) is 0 Å². The van der Waals surface area contributed by atoms with E-state index in [1.165, 1.54) is 58.4 Å². The Morgan fingerprint density at radius 1 is 0.925 bits per heavy atom. The van der Waals surface area contributed by atoms with Crippen LogP contribution in [0, 0.1) is 0 Å². The fourth-order valence-corrected chi connectivity index (χ4v) is 5.48. The van der Waals surface area contributed by atoms with E-state index in [0.717, 1.165) is 0 Å². The molecule has 0 N–H and O–H groups in total. The van der Waals surface area contributed by atoms with Crippen molar-refractivity contribution in [1.82, 2.24) is 4.57 Å². The molecule has 11 nitrogen and oxygen atoms in total. The summed E-state index contributed by atoms with van der Waals surface area (Å²) in [6, 6.07) is 7.38. The summed E-state index contributed by atoms with van der Waals surface area (Å²) >= 11 is 1.17. The highest BCUT2D eigenvalue weighted by atomic mass is 32.1. The first kappa shape index (κ1) is 28.4. The largest absolute Gasteiger partial charge is 0.493 e. The second kappa shape index (κ2) is 11.7. The SMILES string of the molecule is COC(=O)C1=C(C)N=c2s/c(=C/c3cc(OC)c(OC)c(OC)c3)c(=O)n2[C@@H]1c1ccc(OC(C)=O)c(OC)c1. The van der Waals surface area contributed by atoms with Crippen LogP contribution in [0.4, 0.5) is 0 Å². The molecular weight excluding hydrogens is 540 g/mol. The van der Waals surface area contributed by atoms with Gasteiger partial charge in [-0.3, -0.25) is 14.2 Å². The van der Waals surface area contributed by atoms with Crippen LogP contribution >= 0.6 is 11.3 Å². The number of allylic oxidation sites excluding steroid dienone is 1. The lowest BCUT2D eigenvalue weighted by molar-refractivity contribution is -0.136. The second-order valence-corrected chi connectivity index (χ2v) is 9.55. The van der Waals surface area contributed by atoms with Crippen LogP contribution in [-0.2, 0) is 14.3 Å². The van der Waals surface area contributed by atoms with Gasteiger partial charge in [-0.1, -0.05) is 17.4 Å². The van der Waals surface area contributed by atoms with Crippen molar-refractivity contribution in [2.45, 2.75) is 19.9 Å². The maximum Gasteiger partial charge on any atom is 0.338 e. The van der Waals surface area contributed by atoms with Crippen molar-refractivity contribution in [3.8, 4) is 28.7 Å². The quantitative estimate of drug-likeness (QED) is 0.298. The standard InChI is InChI=1S/C28H28N2O9S/c1-14-23(27(33)38-7)24(17-8-9-18(39-15(2)31)19(13-17)34-3)30-26(32)22(40-28(30)29-14)12-16-10-20(35-4)25(37-6)21(11-16)36-5/h8-13,24H,1-7H3/b22-12+/t24-/m1/s1. The molecule has 0 spiro atoms. The molecule has 0 saturated carbocycles. The normalized spacial score (nSPS) is 14.7. The molecule has 1 aliphatic rings. The zero-order valence-electron chi connectivity index (χ0n) is 23.0. The molecule has 0 unspecified atom stereocenters. The van der Waals surface area contributed by atoms with E-state index in [-0.39, 0.29) is 22.6 Å². The van der Waals surface area contributed by atoms with Gasteiger partial charge < -0.3 is 28.4 Å². The van der Waals surface area contributed by atoms with Crippen LogP contribution in [0.1, 0.15) is 31.0 Å². The van der Waals surface area contributed by atoms with Crippen molar-refractivity contribution in [2.75, 3.05) is 35.5 Å². The Kier molecular flexibility index (Phi) is 8.29. The fraction of sp³-hybridized carbons (Fsp3) is 0.286. The van der Waals surface area contributed by atoms with E-state index >= 15 is 0 Å². The van der Waals surface area contributed by atoms with E-state index in [4.69, 9.17) is 28.4 Å². The smallest absolute Gasteiger partial charge is 0.338 e. The average molecular weight is 569 g/mol. The third-order valence-corrected chi connectivity index (χ3v) is 7.15. The molecule has 0 fully saturated rings. The second-order valence-electron chi connectivity index (χ2n) is 8.54. The van der Waals surface area contributed by atoms with Crippen LogP contribution in [0.3, 0.4) is 0 Å². The van der Waals surface area contributed by atoms with Gasteiger partial charge in [0.15, 0.2) is 27.8 Å². The molecule has 1 aromatic heterocycles. The molecular formula is C28H28N2O9S. The zero-order chi connectivity index (χ0) is 29.1. The maximum absolute atomic E-state index is 13.9. The van der Waals surface area contributed by atoms with Gasteiger partial charge in [-0.05, 0) is 48.4 Å². The van der Waals surface area contributed by atoms with E-state index in [1.807, 2.05) is 0 Å². The maximum atomic E-state index is 13.9. The van der Waals surface area contributed by atoms with Crippen molar-refractivity contribution in [3.05, 3.63) is 72.4 Å². The van der Waals surface area contributed by atoms with Gasteiger partial charge in [-0.15, -0.1) is 0 Å². The van der Waals surface area contributed by atoms with E-state index < -0.39 is 18.0 Å². The number of carbonyl (C=O) groups is 2. The summed E-state index contributed by atoms with van der Waals surface area (Å²) < 4.78 is 33.8. The van der Waals surface area contributed by atoms with Crippen molar-refractivity contribution >= 4 is 29.4 Å². The van der Waals surface area contributed by atoms with E-state index in [1.54, 1.807) is 43.3 Å². The number of ether oxygens (including phenoxy) is 6. The molecule has 2 aromatic carbocycles. The van der Waals surface area contributed by atoms with Gasteiger partial charge in [0.05, 0.1) is 57.4 Å². The van der Waals surface area contributed by atoms with Crippen LogP contribution in [-0.4, -0.2) is 52.1 Å². The van der Waals surface area contributed by atoms with Gasteiger partial charge in [0.2, 0.25) is 5.75 Å². The minimum atomic E-state index is -0.883. The monoisotopic (exact) mass is 568 g/mol. The molecule has 0 saturated heterocycles. The Bertz CT molecular complexity index is 1680. The molecule has 0 amide bonds. The number of esters is 2. The third kappa shape index (κ3) is 5.17. The first-order valence-corrected chi connectivity index (χ1v) is 12.8. The Labute approximate surface area is 233 Å². The van der Waals surface area contributed by atoms with Crippen molar-refractivity contribution in [1.29, 1.82) is 0 Å². The summed E-state index contributed by atoms with van der Waals surface area (Å²) in [6.07, 6.45) is 1.69. The number of fused-ring (bicyclic) bond motifs is 1. The molecule has 12 heteroatoms. The number of nitrogens with zero attached hydrogens (tertiary/aromatic N) is 2. The number of aromatic nitrogens is 1. The number of benzene rings is 2. The molecule has 3 aromatic rings. The highest BCUT2D eigenvalue weighted by molar-refractivity contribution is 7.07. The van der Waals surface area contributed by atoms with Gasteiger partial charge in [-0.2, -0.15) is 0 Å². The summed E-state index contributed by atoms with van der Waals surface area (Å²) in [7, 11) is 7.21. The van der Waals surface area contributed by atoms with Crippen molar-refractivity contribution < 1.29 is 38.0 Å². The predicted molar refractivity (Wildman–Crippen MR) is 146 cm³/mol. The van der Waals surface area contributed by atoms with Gasteiger partial charge in [0, 0.05) is 6.92 Å². The summed E-state index contributed by atoms with van der Waals surface area (Å²) in [4.78, 5) is 43.3. The molecule has 1 aliphatic heterocycles. The lowest BCUT2D eigenvalue weighted by Gasteiger charge is -2.25. The molecule has 0 aliphatic carbocycles. The number of rotatable bonds is 8. The summed E-state index contributed by atoms with van der Waals surface area (Å²) in [5.74, 6) is 0.600. The molecule has 40 heavy (non-hydrogen) atoms. The van der Waals surface area contributed by atoms with Gasteiger partial charge in [-0.25, -0.2) is 9.79 Å². The molecule has 0 bridgehead atoms. The predicted octanol–water partition coefficient (Wildman–Crippen LogP) is 2.37. The number of carbonyl (C=O) groups excluding carboxylic acids is 2. The number of methoxy groups -OCH3 is 5. The first-order chi connectivity index (χ1) is 19.2. The molecule has 1 atom stereocenters. The van der Waals surface area contributed by atoms with E-state index in [0.29, 0.717) is 43.4 Å². The Morgan fingerprint density at radius 3 is 2.12 bits per heavy atom. The highest BCUT2D eigenvalue weighted by Crippen LogP contribution is 2.39. The van der Waals surface area contributed by atoms with Crippen LogP contribution in [0.15, 0.2) is 51.4 Å². The summed E-state index contributed by atoms with van der Waals surface area (Å²) in [5, 5.41) is 0. The van der Waals surface area contributed by atoms with Crippen LogP contribution < -0.4 is 38.6 Å². The fourth-order valence-electron chi connectivity index (χ4n) is 4.44. The molecule has 4 rings (SSSR count). The highest BCUT2D eigenvalue weighted by Gasteiger charge is 2.33. The topological polar surface area (TPSA) is 124 Å². The Hall–Kier alpha value is -4.58. The van der Waals surface area contributed by atoms with E-state index in [9.17, 15) is 14.4 Å². The Balaban J connectivity index is 1.96. The van der Waals surface area contributed by atoms with E-state index in [2.05, 4.69) is 4.99 Å². The van der Waals surface area contributed by atoms with Crippen LogP contribution in [0.25, 0.3) is 6.08 Å². The Morgan fingerprint density at radius 2 is 1.57 bits per heavy atom. The lowest BCUT2D eigenvalue weighted by atomic mass is 9.95. The van der Waals surface area contributed by atoms with Gasteiger partial charge in [0.25, 0.3) is 5.56 Å². The minimum absolute atomic E-state index is 0.191.